The number of urea groups is 1. The second-order valence-electron chi connectivity index (χ2n) is 5.35. The van der Waals surface area contributed by atoms with E-state index in [0.29, 0.717) is 17.0 Å². The molecule has 0 aromatic heterocycles. The topological polar surface area (TPSA) is 49.4 Å². The number of carbonyl (C=O) groups excluding carboxylic acids is 2. The summed E-state index contributed by atoms with van der Waals surface area (Å²) in [5, 5.41) is 2.42. The Labute approximate surface area is 117 Å². The average molecular weight is 304 g/mol. The fraction of sp³-hybridized carbons (Fsp3) is 0.385. The number of carbonyl (C=O) groups is 2. The zero-order chi connectivity index (χ0) is 16.0. The molecule has 1 N–H and O–H groups in total. The summed E-state index contributed by atoms with van der Waals surface area (Å²) in [6, 6.07) is 1.16. The van der Waals surface area contributed by atoms with Crippen LogP contribution < -0.4 is 10.2 Å². The molecule has 21 heavy (non-hydrogen) atoms. The molecule has 1 fully saturated rings. The summed E-state index contributed by atoms with van der Waals surface area (Å²) in [4.78, 5) is 24.5. The first kappa shape index (κ1) is 15.3. The highest BCUT2D eigenvalue weighted by Crippen LogP contribution is 2.35. The maximum atomic E-state index is 13.3. The number of benzene rings is 1. The average Bonchev–Trinajstić information content (AvgIpc) is 2.35. The van der Waals surface area contributed by atoms with Gasteiger partial charge in [-0.1, -0.05) is 0 Å². The first-order chi connectivity index (χ1) is 9.54. The van der Waals surface area contributed by atoms with Crippen LogP contribution >= 0.6 is 0 Å². The van der Waals surface area contributed by atoms with Gasteiger partial charge in [0.15, 0.2) is 0 Å². The number of nitrogens with one attached hydrogen (secondary N) is 1. The summed E-state index contributed by atoms with van der Waals surface area (Å²) in [6.07, 6.45) is -4.91. The fourth-order valence-corrected chi connectivity index (χ4v) is 1.95. The van der Waals surface area contributed by atoms with Crippen LogP contribution in [0.3, 0.4) is 0 Å². The zero-order valence-electron chi connectivity index (χ0n) is 11.2. The van der Waals surface area contributed by atoms with Gasteiger partial charge in [0.05, 0.1) is 16.7 Å². The lowest BCUT2D eigenvalue weighted by atomic mass is 9.89. The predicted octanol–water partition coefficient (Wildman–Crippen LogP) is 2.93. The molecule has 0 saturated carbocycles. The van der Waals surface area contributed by atoms with E-state index in [9.17, 15) is 27.2 Å². The quantitative estimate of drug-likeness (QED) is 0.811. The number of anilines is 1. The van der Waals surface area contributed by atoms with E-state index in [4.69, 9.17) is 0 Å². The number of nitrogens with zero attached hydrogens (tertiary/aromatic N) is 1. The highest BCUT2D eigenvalue weighted by molar-refractivity contribution is 6.17. The highest BCUT2D eigenvalue weighted by atomic mass is 19.4. The monoisotopic (exact) mass is 304 g/mol. The summed E-state index contributed by atoms with van der Waals surface area (Å²) < 4.78 is 51.3. The van der Waals surface area contributed by atoms with Gasteiger partial charge >= 0.3 is 12.2 Å². The molecule has 3 amide bonds. The lowest BCUT2D eigenvalue weighted by Crippen LogP contribution is -2.59. The van der Waals surface area contributed by atoms with Crippen molar-refractivity contribution in [2.24, 2.45) is 5.41 Å². The molecule has 0 spiro atoms. The molecule has 0 unspecified atom stereocenters. The van der Waals surface area contributed by atoms with Crippen LogP contribution in [0.2, 0.25) is 0 Å². The van der Waals surface area contributed by atoms with Gasteiger partial charge in [-0.05, 0) is 32.0 Å². The van der Waals surface area contributed by atoms with E-state index in [2.05, 4.69) is 5.32 Å². The van der Waals surface area contributed by atoms with Crippen LogP contribution in [-0.2, 0) is 11.0 Å². The highest BCUT2D eigenvalue weighted by Gasteiger charge is 2.42. The van der Waals surface area contributed by atoms with E-state index in [1.54, 1.807) is 13.8 Å². The summed E-state index contributed by atoms with van der Waals surface area (Å²) in [5.74, 6) is -2.11. The van der Waals surface area contributed by atoms with Crippen molar-refractivity contribution in [3.8, 4) is 0 Å². The van der Waals surface area contributed by atoms with Crippen LogP contribution in [0.4, 0.5) is 28.0 Å². The van der Waals surface area contributed by atoms with E-state index >= 15 is 0 Å². The number of imide groups is 1. The van der Waals surface area contributed by atoms with E-state index < -0.39 is 34.9 Å². The van der Waals surface area contributed by atoms with Gasteiger partial charge in [-0.3, -0.25) is 4.79 Å². The van der Waals surface area contributed by atoms with Crippen molar-refractivity contribution in [1.82, 2.24) is 5.32 Å². The van der Waals surface area contributed by atoms with Gasteiger partial charge in [0.25, 0.3) is 0 Å². The summed E-state index contributed by atoms with van der Waals surface area (Å²) in [7, 11) is 0. The minimum Gasteiger partial charge on any atom is -0.336 e. The molecule has 1 aliphatic heterocycles. The van der Waals surface area contributed by atoms with Crippen LogP contribution in [0.5, 0.6) is 0 Å². The molecule has 1 saturated heterocycles. The Morgan fingerprint density at radius 2 is 1.86 bits per heavy atom. The molecule has 0 atom stereocenters. The van der Waals surface area contributed by atoms with E-state index in [0.717, 1.165) is 6.07 Å². The van der Waals surface area contributed by atoms with E-state index in [-0.39, 0.29) is 12.2 Å². The zero-order valence-corrected chi connectivity index (χ0v) is 11.2. The number of amides is 3. The summed E-state index contributed by atoms with van der Waals surface area (Å²) in [6.45, 7) is 3.18. The van der Waals surface area contributed by atoms with Crippen molar-refractivity contribution in [1.29, 1.82) is 0 Å². The third-order valence-corrected chi connectivity index (χ3v) is 3.18. The number of halogens is 4. The summed E-state index contributed by atoms with van der Waals surface area (Å²) >= 11 is 0. The first-order valence-corrected chi connectivity index (χ1v) is 6.03. The normalized spacial score (nSPS) is 18.7. The van der Waals surface area contributed by atoms with Gasteiger partial charge in [-0.2, -0.15) is 13.2 Å². The molecule has 4 nitrogen and oxygen atoms in total. The van der Waals surface area contributed by atoms with Crippen molar-refractivity contribution < 1.29 is 27.2 Å². The lowest BCUT2D eigenvalue weighted by Gasteiger charge is -2.36. The Morgan fingerprint density at radius 3 is 2.43 bits per heavy atom. The second kappa shape index (κ2) is 4.71. The number of alkyl halides is 3. The molecule has 8 heteroatoms. The van der Waals surface area contributed by atoms with Gasteiger partial charge in [0, 0.05) is 6.54 Å². The summed E-state index contributed by atoms with van der Waals surface area (Å²) in [5.41, 5.74) is -2.80. The predicted molar refractivity (Wildman–Crippen MR) is 66.1 cm³/mol. The maximum absolute atomic E-state index is 13.3. The van der Waals surface area contributed by atoms with Crippen molar-refractivity contribution in [2.45, 2.75) is 20.0 Å². The van der Waals surface area contributed by atoms with Crippen molar-refractivity contribution >= 4 is 17.6 Å². The first-order valence-electron chi connectivity index (χ1n) is 6.03. The SMILES string of the molecule is CC1(C)CNC(=O)N(c2ccc(F)c(C(F)(F)F)c2)C1=O. The van der Waals surface area contributed by atoms with Crippen LogP contribution in [0, 0.1) is 11.2 Å². The molecular formula is C13H12F4N2O2. The Bertz CT molecular complexity index is 611. The lowest BCUT2D eigenvalue weighted by molar-refractivity contribution is -0.140. The molecule has 0 bridgehead atoms. The number of rotatable bonds is 1. The van der Waals surface area contributed by atoms with E-state index in [1.807, 2.05) is 0 Å². The molecule has 114 valence electrons. The fourth-order valence-electron chi connectivity index (χ4n) is 1.95. The molecule has 0 radical (unpaired) electrons. The van der Waals surface area contributed by atoms with Crippen molar-refractivity contribution in [3.05, 3.63) is 29.6 Å². The molecular weight excluding hydrogens is 292 g/mol. The largest absolute Gasteiger partial charge is 0.419 e. The standard InChI is InChI=1S/C13H12F4N2O2/c1-12(2)6-18-11(21)19(10(12)20)7-3-4-9(14)8(5-7)13(15,16)17/h3-5H,6H2,1-2H3,(H,18,21). The van der Waals surface area contributed by atoms with Crippen molar-refractivity contribution in [2.75, 3.05) is 11.4 Å². The Morgan fingerprint density at radius 1 is 1.24 bits per heavy atom. The maximum Gasteiger partial charge on any atom is 0.419 e. The van der Waals surface area contributed by atoms with Crippen LogP contribution in [0.15, 0.2) is 18.2 Å². The van der Waals surface area contributed by atoms with E-state index in [1.165, 1.54) is 0 Å². The molecule has 2 rings (SSSR count). The molecule has 0 aliphatic carbocycles. The van der Waals surface area contributed by atoms with Gasteiger partial charge in [-0.15, -0.1) is 0 Å². The third kappa shape index (κ3) is 2.70. The van der Waals surface area contributed by atoms with Gasteiger partial charge in [0.2, 0.25) is 5.91 Å². The van der Waals surface area contributed by atoms with Crippen LogP contribution in [0.25, 0.3) is 0 Å². The minimum atomic E-state index is -4.91. The molecule has 1 aromatic carbocycles. The Kier molecular flexibility index (Phi) is 3.43. The minimum absolute atomic E-state index is 0.0779. The molecule has 1 aliphatic rings. The number of hydrogen-bond acceptors (Lipinski definition) is 2. The van der Waals surface area contributed by atoms with Gasteiger partial charge in [0.1, 0.15) is 5.82 Å². The van der Waals surface area contributed by atoms with Crippen LogP contribution in [0.1, 0.15) is 19.4 Å². The van der Waals surface area contributed by atoms with Gasteiger partial charge in [-0.25, -0.2) is 14.1 Å². The third-order valence-electron chi connectivity index (χ3n) is 3.18. The Balaban J connectivity index is 2.51. The van der Waals surface area contributed by atoms with Crippen LogP contribution in [-0.4, -0.2) is 18.5 Å². The smallest absolute Gasteiger partial charge is 0.336 e. The van der Waals surface area contributed by atoms with Crippen molar-refractivity contribution in [3.63, 3.8) is 0 Å². The Hall–Kier alpha value is -2.12. The van der Waals surface area contributed by atoms with Gasteiger partial charge < -0.3 is 5.32 Å². The second-order valence-corrected chi connectivity index (χ2v) is 5.35. The molecule has 1 aromatic rings. The number of hydrogen-bond donors (Lipinski definition) is 1. The molecule has 1 heterocycles.